The number of carbonyl (C=O) groups is 1. The van der Waals surface area contributed by atoms with E-state index in [9.17, 15) is 4.79 Å². The van der Waals surface area contributed by atoms with Gasteiger partial charge in [0.15, 0.2) is 0 Å². The van der Waals surface area contributed by atoms with Crippen molar-refractivity contribution in [3.05, 3.63) is 23.9 Å². The van der Waals surface area contributed by atoms with Crippen LogP contribution in [0.4, 0.5) is 0 Å². The van der Waals surface area contributed by atoms with Crippen LogP contribution in [-0.2, 0) is 9.53 Å². The number of hydrogen-bond acceptors (Lipinski definition) is 3. The Bertz CT molecular complexity index is 284. The summed E-state index contributed by atoms with van der Waals surface area (Å²) in [5.74, 6) is -0.305. The van der Waals surface area contributed by atoms with Crippen molar-refractivity contribution in [2.75, 3.05) is 7.11 Å². The molecule has 1 unspecified atom stereocenters. The first-order chi connectivity index (χ1) is 6.45. The van der Waals surface area contributed by atoms with E-state index in [-0.39, 0.29) is 17.4 Å². The van der Waals surface area contributed by atoms with Crippen molar-refractivity contribution in [2.45, 2.75) is 26.8 Å². The Morgan fingerprint density at radius 2 is 2.14 bits per heavy atom. The van der Waals surface area contributed by atoms with Crippen LogP contribution in [0.25, 0.3) is 0 Å². The van der Waals surface area contributed by atoms with Gasteiger partial charge < -0.3 is 10.1 Å². The van der Waals surface area contributed by atoms with E-state index in [1.807, 2.05) is 6.08 Å². The minimum atomic E-state index is -0.305. The summed E-state index contributed by atoms with van der Waals surface area (Å²) in [6, 6.07) is 0.260. The van der Waals surface area contributed by atoms with Gasteiger partial charge in [-0.2, -0.15) is 0 Å². The first kappa shape index (κ1) is 10.8. The SMILES string of the molecule is COC(=O)C1=CNC(C(C)(C)C)C=C1. The molecule has 0 saturated heterocycles. The number of methoxy groups -OCH3 is 1. The van der Waals surface area contributed by atoms with Crippen molar-refractivity contribution in [2.24, 2.45) is 5.41 Å². The minimum absolute atomic E-state index is 0.147. The maximum atomic E-state index is 11.1. The standard InChI is InChI=1S/C11H17NO2/c1-11(2,3)9-6-5-8(7-12-9)10(13)14-4/h5-7,9,12H,1-4H3. The maximum Gasteiger partial charge on any atom is 0.339 e. The molecule has 0 aromatic carbocycles. The van der Waals surface area contributed by atoms with Gasteiger partial charge in [-0.1, -0.05) is 26.8 Å². The topological polar surface area (TPSA) is 38.3 Å². The van der Waals surface area contributed by atoms with Gasteiger partial charge in [-0.05, 0) is 11.5 Å². The second kappa shape index (κ2) is 3.86. The fourth-order valence-electron chi connectivity index (χ4n) is 1.27. The van der Waals surface area contributed by atoms with Gasteiger partial charge in [-0.25, -0.2) is 4.79 Å². The fourth-order valence-corrected chi connectivity index (χ4v) is 1.27. The van der Waals surface area contributed by atoms with Crippen molar-refractivity contribution >= 4 is 5.97 Å². The Morgan fingerprint density at radius 1 is 1.50 bits per heavy atom. The molecule has 0 fully saturated rings. The zero-order chi connectivity index (χ0) is 10.8. The number of rotatable bonds is 1. The van der Waals surface area contributed by atoms with Gasteiger partial charge in [0.25, 0.3) is 0 Å². The molecule has 0 amide bonds. The van der Waals surface area contributed by atoms with E-state index in [0.717, 1.165) is 0 Å². The molecular weight excluding hydrogens is 178 g/mol. The number of hydrogen-bond donors (Lipinski definition) is 1. The zero-order valence-electron chi connectivity index (χ0n) is 9.13. The second-order valence-corrected chi connectivity index (χ2v) is 4.46. The molecule has 0 spiro atoms. The van der Waals surface area contributed by atoms with Gasteiger partial charge in [-0.3, -0.25) is 0 Å². The summed E-state index contributed by atoms with van der Waals surface area (Å²) < 4.78 is 4.61. The summed E-state index contributed by atoms with van der Waals surface area (Å²) in [5, 5.41) is 3.17. The highest BCUT2D eigenvalue weighted by molar-refractivity contribution is 5.91. The molecule has 0 aliphatic carbocycles. The van der Waals surface area contributed by atoms with Crippen LogP contribution in [0.5, 0.6) is 0 Å². The predicted molar refractivity (Wildman–Crippen MR) is 55.6 cm³/mol. The molecule has 0 radical (unpaired) electrons. The lowest BCUT2D eigenvalue weighted by Gasteiger charge is -2.30. The molecule has 0 bridgehead atoms. The molecule has 1 atom stereocenters. The number of nitrogens with one attached hydrogen (secondary N) is 1. The molecule has 1 rings (SSSR count). The number of esters is 1. The largest absolute Gasteiger partial charge is 0.465 e. The van der Waals surface area contributed by atoms with E-state index in [1.165, 1.54) is 7.11 Å². The van der Waals surface area contributed by atoms with Crippen molar-refractivity contribution in [1.82, 2.24) is 5.32 Å². The first-order valence-electron chi connectivity index (χ1n) is 4.68. The van der Waals surface area contributed by atoms with Crippen LogP contribution in [0.15, 0.2) is 23.9 Å². The molecule has 1 heterocycles. The Kier molecular flexibility index (Phi) is 2.99. The monoisotopic (exact) mass is 195 g/mol. The fraction of sp³-hybridized carbons (Fsp3) is 0.545. The molecular formula is C11H17NO2. The quantitative estimate of drug-likeness (QED) is 0.646. The highest BCUT2D eigenvalue weighted by Crippen LogP contribution is 2.22. The average Bonchev–Trinajstić information content (AvgIpc) is 2.15. The Labute approximate surface area is 84.8 Å². The minimum Gasteiger partial charge on any atom is -0.465 e. The summed E-state index contributed by atoms with van der Waals surface area (Å²) in [7, 11) is 1.38. The molecule has 1 N–H and O–H groups in total. The lowest BCUT2D eigenvalue weighted by molar-refractivity contribution is -0.135. The summed E-state index contributed by atoms with van der Waals surface area (Å²) in [6.07, 6.45) is 5.51. The molecule has 0 aromatic heterocycles. The molecule has 1 aliphatic heterocycles. The van der Waals surface area contributed by atoms with E-state index in [4.69, 9.17) is 0 Å². The Balaban J connectivity index is 2.67. The van der Waals surface area contributed by atoms with Gasteiger partial charge in [0.2, 0.25) is 0 Å². The number of ether oxygens (including phenoxy) is 1. The van der Waals surface area contributed by atoms with Crippen molar-refractivity contribution < 1.29 is 9.53 Å². The summed E-state index contributed by atoms with van der Waals surface area (Å²) in [6.45, 7) is 6.43. The summed E-state index contributed by atoms with van der Waals surface area (Å²) in [4.78, 5) is 11.1. The van der Waals surface area contributed by atoms with Gasteiger partial charge >= 0.3 is 5.97 Å². The molecule has 1 aliphatic rings. The highest BCUT2D eigenvalue weighted by atomic mass is 16.5. The highest BCUT2D eigenvalue weighted by Gasteiger charge is 2.23. The zero-order valence-corrected chi connectivity index (χ0v) is 9.13. The average molecular weight is 195 g/mol. The van der Waals surface area contributed by atoms with Crippen molar-refractivity contribution in [3.63, 3.8) is 0 Å². The third-order valence-corrected chi connectivity index (χ3v) is 2.24. The summed E-state index contributed by atoms with van der Waals surface area (Å²) >= 11 is 0. The van der Waals surface area contributed by atoms with Crippen LogP contribution in [0.2, 0.25) is 0 Å². The smallest absolute Gasteiger partial charge is 0.339 e. The molecule has 14 heavy (non-hydrogen) atoms. The van der Waals surface area contributed by atoms with Crippen LogP contribution in [0.3, 0.4) is 0 Å². The van der Waals surface area contributed by atoms with E-state index in [2.05, 4.69) is 30.8 Å². The molecule has 0 saturated carbocycles. The van der Waals surface area contributed by atoms with Crippen LogP contribution < -0.4 is 5.32 Å². The summed E-state index contributed by atoms with van der Waals surface area (Å²) in [5.41, 5.74) is 0.710. The van der Waals surface area contributed by atoms with Gasteiger partial charge in [0.05, 0.1) is 12.7 Å². The molecule has 78 valence electrons. The number of carbonyl (C=O) groups excluding carboxylic acids is 1. The van der Waals surface area contributed by atoms with Gasteiger partial charge in [0, 0.05) is 12.2 Å². The molecule has 0 aromatic rings. The van der Waals surface area contributed by atoms with E-state index in [0.29, 0.717) is 5.57 Å². The maximum absolute atomic E-state index is 11.1. The lowest BCUT2D eigenvalue weighted by Crippen LogP contribution is -2.37. The second-order valence-electron chi connectivity index (χ2n) is 4.46. The van der Waals surface area contributed by atoms with Crippen LogP contribution in [0.1, 0.15) is 20.8 Å². The van der Waals surface area contributed by atoms with Crippen LogP contribution >= 0.6 is 0 Å². The van der Waals surface area contributed by atoms with E-state index in [1.54, 1.807) is 12.3 Å². The van der Waals surface area contributed by atoms with Crippen LogP contribution in [0, 0.1) is 5.41 Å². The Morgan fingerprint density at radius 3 is 2.50 bits per heavy atom. The normalized spacial score (nSPS) is 21.1. The van der Waals surface area contributed by atoms with E-state index < -0.39 is 0 Å². The first-order valence-corrected chi connectivity index (χ1v) is 4.68. The molecule has 3 nitrogen and oxygen atoms in total. The lowest BCUT2D eigenvalue weighted by atomic mass is 9.85. The third-order valence-electron chi connectivity index (χ3n) is 2.24. The molecule has 3 heteroatoms. The number of dihydropyridines is 1. The van der Waals surface area contributed by atoms with Gasteiger partial charge in [-0.15, -0.1) is 0 Å². The van der Waals surface area contributed by atoms with Crippen molar-refractivity contribution in [3.8, 4) is 0 Å². The predicted octanol–water partition coefficient (Wildman–Crippen LogP) is 1.62. The van der Waals surface area contributed by atoms with E-state index >= 15 is 0 Å². The van der Waals surface area contributed by atoms with Crippen LogP contribution in [-0.4, -0.2) is 19.1 Å². The van der Waals surface area contributed by atoms with Crippen molar-refractivity contribution in [1.29, 1.82) is 0 Å². The Hall–Kier alpha value is -1.25. The van der Waals surface area contributed by atoms with Gasteiger partial charge in [0.1, 0.15) is 0 Å². The third kappa shape index (κ3) is 2.37.